The van der Waals surface area contributed by atoms with Crippen LogP contribution >= 0.6 is 0 Å². The van der Waals surface area contributed by atoms with Crippen LogP contribution in [0, 0.1) is 6.92 Å². The van der Waals surface area contributed by atoms with Crippen molar-refractivity contribution in [2.24, 2.45) is 0 Å². The molecule has 42 heavy (non-hydrogen) atoms. The second kappa shape index (κ2) is 11.1. The van der Waals surface area contributed by atoms with E-state index >= 15 is 0 Å². The average Bonchev–Trinajstić information content (AvgIpc) is 3.64. The van der Waals surface area contributed by atoms with Crippen LogP contribution in [0.25, 0.3) is 22.2 Å². The van der Waals surface area contributed by atoms with Crippen LogP contribution in [-0.2, 0) is 17.8 Å². The molecule has 1 N–H and O–H groups in total. The van der Waals surface area contributed by atoms with E-state index in [1.807, 2.05) is 32.6 Å². The highest BCUT2D eigenvalue weighted by Gasteiger charge is 2.32. The SMILES string of the molecule is Cc1ccccc1-c1cn(CC(=O)N2CCC(N3CCc4ccccc4NC3=O)CC2)c2ncnc(N3CCCC3)c12. The summed E-state index contributed by atoms with van der Waals surface area (Å²) in [5.74, 6) is 1.04. The molecule has 0 saturated carbocycles. The van der Waals surface area contributed by atoms with Crippen molar-refractivity contribution in [2.45, 2.75) is 51.6 Å². The summed E-state index contributed by atoms with van der Waals surface area (Å²) in [4.78, 5) is 42.4. The third-order valence-electron chi connectivity index (χ3n) is 9.18. The van der Waals surface area contributed by atoms with Gasteiger partial charge in [0, 0.05) is 56.2 Å². The molecule has 0 aliphatic carbocycles. The van der Waals surface area contributed by atoms with Crippen LogP contribution in [0.2, 0.25) is 0 Å². The van der Waals surface area contributed by atoms with Crippen molar-refractivity contribution in [3.63, 3.8) is 0 Å². The number of likely N-dealkylation sites (tertiary alicyclic amines) is 1. The lowest BCUT2D eigenvalue weighted by molar-refractivity contribution is -0.133. The summed E-state index contributed by atoms with van der Waals surface area (Å²) in [6.07, 6.45) is 8.42. The molecule has 216 valence electrons. The minimum absolute atomic E-state index is 0.0410. The number of rotatable bonds is 5. The quantitative estimate of drug-likeness (QED) is 0.366. The molecule has 3 amide bonds. The molecule has 0 spiro atoms. The molecule has 3 aliphatic heterocycles. The molecule has 2 saturated heterocycles. The second-order valence-corrected chi connectivity index (χ2v) is 11.7. The number of nitrogens with one attached hydrogen (secondary N) is 1. The smallest absolute Gasteiger partial charge is 0.322 e. The van der Waals surface area contributed by atoms with Crippen molar-refractivity contribution in [2.75, 3.05) is 42.9 Å². The van der Waals surface area contributed by atoms with Gasteiger partial charge in [-0.15, -0.1) is 0 Å². The van der Waals surface area contributed by atoms with Crippen molar-refractivity contribution in [1.29, 1.82) is 0 Å². The van der Waals surface area contributed by atoms with Gasteiger partial charge < -0.3 is 24.6 Å². The monoisotopic (exact) mass is 563 g/mol. The lowest BCUT2D eigenvalue weighted by Crippen LogP contribution is -2.50. The predicted molar refractivity (Wildman–Crippen MR) is 165 cm³/mol. The molecule has 4 aromatic rings. The Bertz CT molecular complexity index is 1630. The van der Waals surface area contributed by atoms with Gasteiger partial charge in [0.2, 0.25) is 5.91 Å². The maximum absolute atomic E-state index is 13.7. The maximum atomic E-state index is 13.7. The number of urea groups is 1. The van der Waals surface area contributed by atoms with Crippen molar-refractivity contribution in [1.82, 2.24) is 24.3 Å². The van der Waals surface area contributed by atoms with Gasteiger partial charge >= 0.3 is 6.03 Å². The van der Waals surface area contributed by atoms with Crippen LogP contribution in [0.3, 0.4) is 0 Å². The van der Waals surface area contributed by atoms with Gasteiger partial charge in [0.25, 0.3) is 0 Å². The second-order valence-electron chi connectivity index (χ2n) is 11.7. The molecule has 9 nitrogen and oxygen atoms in total. The van der Waals surface area contributed by atoms with Crippen LogP contribution in [0.4, 0.5) is 16.3 Å². The molecule has 0 bridgehead atoms. The summed E-state index contributed by atoms with van der Waals surface area (Å²) in [5.41, 5.74) is 6.27. The fourth-order valence-corrected chi connectivity index (χ4v) is 6.89. The van der Waals surface area contributed by atoms with Gasteiger partial charge in [0.05, 0.1) is 5.39 Å². The molecule has 7 rings (SSSR count). The lowest BCUT2D eigenvalue weighted by Gasteiger charge is -2.38. The molecule has 2 aromatic heterocycles. The minimum Gasteiger partial charge on any atom is -0.356 e. The molecule has 0 radical (unpaired) electrons. The predicted octanol–water partition coefficient (Wildman–Crippen LogP) is 5.09. The number of hydrogen-bond acceptors (Lipinski definition) is 5. The molecular weight excluding hydrogens is 526 g/mol. The Morgan fingerprint density at radius 2 is 1.69 bits per heavy atom. The number of anilines is 2. The number of hydrogen-bond donors (Lipinski definition) is 1. The number of benzene rings is 2. The molecule has 0 unspecified atom stereocenters. The minimum atomic E-state index is -0.0410. The van der Waals surface area contributed by atoms with E-state index in [9.17, 15) is 9.59 Å². The van der Waals surface area contributed by atoms with E-state index in [1.165, 1.54) is 11.1 Å². The number of piperidine rings is 1. The Kier molecular flexibility index (Phi) is 7.01. The summed E-state index contributed by atoms with van der Waals surface area (Å²) in [5, 5.41) is 4.11. The summed E-state index contributed by atoms with van der Waals surface area (Å²) in [6.45, 7) is 6.28. The summed E-state index contributed by atoms with van der Waals surface area (Å²) >= 11 is 0. The zero-order chi connectivity index (χ0) is 28.6. The number of fused-ring (bicyclic) bond motifs is 2. The Labute approximate surface area is 246 Å². The van der Waals surface area contributed by atoms with Gasteiger partial charge in [-0.2, -0.15) is 0 Å². The van der Waals surface area contributed by atoms with E-state index in [-0.39, 0.29) is 24.5 Å². The van der Waals surface area contributed by atoms with Gasteiger partial charge in [-0.25, -0.2) is 14.8 Å². The van der Waals surface area contributed by atoms with E-state index < -0.39 is 0 Å². The average molecular weight is 564 g/mol. The first-order valence-electron chi connectivity index (χ1n) is 15.1. The zero-order valence-electron chi connectivity index (χ0n) is 24.1. The van der Waals surface area contributed by atoms with Crippen molar-refractivity contribution >= 4 is 34.5 Å². The molecular formula is C33H37N7O2. The number of carbonyl (C=O) groups is 2. The Hall–Kier alpha value is -4.40. The topological polar surface area (TPSA) is 86.6 Å². The number of aryl methyl sites for hydroxylation is 1. The third-order valence-corrected chi connectivity index (χ3v) is 9.18. The Balaban J connectivity index is 1.10. The number of nitrogens with zero attached hydrogens (tertiary/aromatic N) is 6. The van der Waals surface area contributed by atoms with E-state index in [0.717, 1.165) is 78.9 Å². The lowest BCUT2D eigenvalue weighted by atomic mass is 10.0. The Morgan fingerprint density at radius 1 is 0.929 bits per heavy atom. The third kappa shape index (κ3) is 4.86. The van der Waals surface area contributed by atoms with Crippen LogP contribution in [0.1, 0.15) is 36.8 Å². The zero-order valence-corrected chi connectivity index (χ0v) is 24.1. The first-order chi connectivity index (χ1) is 20.6. The first-order valence-corrected chi connectivity index (χ1v) is 15.1. The summed E-state index contributed by atoms with van der Waals surface area (Å²) in [7, 11) is 0. The van der Waals surface area contributed by atoms with E-state index in [4.69, 9.17) is 9.97 Å². The van der Waals surface area contributed by atoms with Crippen LogP contribution in [0.5, 0.6) is 0 Å². The van der Waals surface area contributed by atoms with E-state index in [1.54, 1.807) is 6.33 Å². The van der Waals surface area contributed by atoms with Crippen molar-refractivity contribution in [3.8, 4) is 11.1 Å². The molecule has 0 atom stereocenters. The Morgan fingerprint density at radius 3 is 2.50 bits per heavy atom. The number of para-hydroxylation sites is 1. The van der Waals surface area contributed by atoms with Gasteiger partial charge in [-0.05, 0) is 61.8 Å². The molecule has 3 aliphatic rings. The maximum Gasteiger partial charge on any atom is 0.322 e. The van der Waals surface area contributed by atoms with E-state index in [2.05, 4.69) is 53.7 Å². The molecule has 2 fully saturated rings. The highest BCUT2D eigenvalue weighted by atomic mass is 16.2. The largest absolute Gasteiger partial charge is 0.356 e. The van der Waals surface area contributed by atoms with Crippen molar-refractivity contribution in [3.05, 3.63) is 72.2 Å². The summed E-state index contributed by atoms with van der Waals surface area (Å²) < 4.78 is 2.01. The van der Waals surface area contributed by atoms with Gasteiger partial charge in [0.1, 0.15) is 24.3 Å². The van der Waals surface area contributed by atoms with Gasteiger partial charge in [0.15, 0.2) is 0 Å². The molecule has 5 heterocycles. The van der Waals surface area contributed by atoms with Crippen LogP contribution < -0.4 is 10.2 Å². The number of carbonyl (C=O) groups excluding carboxylic acids is 2. The van der Waals surface area contributed by atoms with Crippen molar-refractivity contribution < 1.29 is 9.59 Å². The number of amides is 3. The standard InChI is InChI=1S/C33H37N7O2/c1-23-8-2-4-10-26(23)27-20-39(32-30(27)31(34-22-35-32)38-15-6-7-16-38)21-29(41)37-17-13-25(14-18-37)40-19-12-24-9-3-5-11-28(24)36-33(40)42/h2-5,8-11,20,22,25H,6-7,12-19,21H2,1H3,(H,36,42). The van der Waals surface area contributed by atoms with E-state index in [0.29, 0.717) is 19.6 Å². The summed E-state index contributed by atoms with van der Waals surface area (Å²) in [6, 6.07) is 16.5. The molecule has 2 aromatic carbocycles. The highest BCUT2D eigenvalue weighted by Crippen LogP contribution is 2.37. The van der Waals surface area contributed by atoms with Gasteiger partial charge in [-0.3, -0.25) is 4.79 Å². The fourth-order valence-electron chi connectivity index (χ4n) is 6.89. The fraction of sp³-hybridized carbons (Fsp3) is 0.394. The normalized spacial score (nSPS) is 17.8. The van der Waals surface area contributed by atoms with Crippen LogP contribution in [0.15, 0.2) is 61.1 Å². The highest BCUT2D eigenvalue weighted by molar-refractivity contribution is 6.02. The van der Waals surface area contributed by atoms with Gasteiger partial charge in [-0.1, -0.05) is 42.5 Å². The number of aromatic nitrogens is 3. The molecule has 9 heteroatoms. The first kappa shape index (κ1) is 26.5. The van der Waals surface area contributed by atoms with Crippen LogP contribution in [-0.4, -0.2) is 75.0 Å².